The van der Waals surface area contributed by atoms with Crippen molar-refractivity contribution in [3.8, 4) is 0 Å². The highest BCUT2D eigenvalue weighted by molar-refractivity contribution is 9.10. The molecule has 0 N–H and O–H groups in total. The first-order valence-electron chi connectivity index (χ1n) is 4.88. The van der Waals surface area contributed by atoms with Crippen molar-refractivity contribution in [3.63, 3.8) is 0 Å². The van der Waals surface area contributed by atoms with E-state index < -0.39 is 0 Å². The van der Waals surface area contributed by atoms with Crippen LogP contribution in [0.1, 0.15) is 32.0 Å². The van der Waals surface area contributed by atoms with Crippen LogP contribution in [0, 0.1) is 6.92 Å². The highest BCUT2D eigenvalue weighted by atomic mass is 79.9. The normalized spacial score (nSPS) is 10.5. The summed E-state index contributed by atoms with van der Waals surface area (Å²) in [7, 11) is 0. The molecule has 78 valence electrons. The number of hydrogen-bond donors (Lipinski definition) is 0. The number of rotatable bonds is 4. The smallest absolute Gasteiger partial charge is 0.267 e. The van der Waals surface area contributed by atoms with E-state index in [-0.39, 0.29) is 5.56 Å². The molecule has 0 aliphatic carbocycles. The number of unbranched alkanes of at least 4 members (excludes halogenated alkanes) is 2. The molecule has 0 saturated heterocycles. The standard InChI is InChI=1S/C10H15BrN2O/c1-3-4-5-6-13-8(2)12-7-9(11)10(13)14/h7H,3-6H2,1-2H3. The Morgan fingerprint density at radius 2 is 2.21 bits per heavy atom. The minimum absolute atomic E-state index is 0.0219. The van der Waals surface area contributed by atoms with Crippen LogP contribution >= 0.6 is 15.9 Å². The lowest BCUT2D eigenvalue weighted by molar-refractivity contribution is 0.563. The molecule has 0 amide bonds. The summed E-state index contributed by atoms with van der Waals surface area (Å²) in [5.41, 5.74) is 0.0219. The third kappa shape index (κ3) is 2.67. The van der Waals surface area contributed by atoms with Gasteiger partial charge >= 0.3 is 0 Å². The maximum absolute atomic E-state index is 11.7. The van der Waals surface area contributed by atoms with Gasteiger partial charge in [0.1, 0.15) is 10.3 Å². The van der Waals surface area contributed by atoms with Gasteiger partial charge in [-0.25, -0.2) is 4.98 Å². The molecule has 0 bridgehead atoms. The Kier molecular flexibility index (Phi) is 4.32. The fraction of sp³-hybridized carbons (Fsp3) is 0.600. The molecule has 0 unspecified atom stereocenters. The van der Waals surface area contributed by atoms with E-state index in [1.807, 2.05) is 6.92 Å². The van der Waals surface area contributed by atoms with Crippen molar-refractivity contribution in [1.29, 1.82) is 0 Å². The summed E-state index contributed by atoms with van der Waals surface area (Å²) >= 11 is 3.19. The lowest BCUT2D eigenvalue weighted by Crippen LogP contribution is -2.24. The van der Waals surface area contributed by atoms with Gasteiger partial charge < -0.3 is 0 Å². The van der Waals surface area contributed by atoms with Crippen LogP contribution in [0.25, 0.3) is 0 Å². The zero-order chi connectivity index (χ0) is 10.6. The molecule has 14 heavy (non-hydrogen) atoms. The van der Waals surface area contributed by atoms with Crippen LogP contribution < -0.4 is 5.56 Å². The van der Waals surface area contributed by atoms with E-state index in [0.29, 0.717) is 4.47 Å². The van der Waals surface area contributed by atoms with E-state index in [4.69, 9.17) is 0 Å². The third-order valence-electron chi connectivity index (χ3n) is 2.19. The second-order valence-electron chi connectivity index (χ2n) is 3.32. The molecule has 3 nitrogen and oxygen atoms in total. The van der Waals surface area contributed by atoms with E-state index in [1.165, 1.54) is 0 Å². The molecule has 0 aliphatic rings. The topological polar surface area (TPSA) is 34.9 Å². The van der Waals surface area contributed by atoms with Gasteiger partial charge in [0.2, 0.25) is 0 Å². The first-order chi connectivity index (χ1) is 6.66. The molecule has 0 radical (unpaired) electrons. The summed E-state index contributed by atoms with van der Waals surface area (Å²) in [6.07, 6.45) is 4.91. The van der Waals surface area contributed by atoms with Crippen LogP contribution in [0.15, 0.2) is 15.5 Å². The fourth-order valence-corrected chi connectivity index (χ4v) is 1.65. The molecule has 0 saturated carbocycles. The van der Waals surface area contributed by atoms with Crippen molar-refractivity contribution in [3.05, 3.63) is 26.8 Å². The highest BCUT2D eigenvalue weighted by Crippen LogP contribution is 2.03. The van der Waals surface area contributed by atoms with Gasteiger partial charge in [-0.2, -0.15) is 0 Å². The van der Waals surface area contributed by atoms with Crippen LogP contribution in [-0.4, -0.2) is 9.55 Å². The first-order valence-corrected chi connectivity index (χ1v) is 5.68. The van der Waals surface area contributed by atoms with Crippen molar-refractivity contribution < 1.29 is 0 Å². The molecule has 0 aliphatic heterocycles. The predicted octanol–water partition coefficient (Wildman–Crippen LogP) is 2.50. The van der Waals surface area contributed by atoms with Gasteiger partial charge in [-0.1, -0.05) is 19.8 Å². The average Bonchev–Trinajstić information content (AvgIpc) is 2.18. The van der Waals surface area contributed by atoms with Crippen molar-refractivity contribution in [2.45, 2.75) is 39.7 Å². The maximum Gasteiger partial charge on any atom is 0.267 e. The number of aryl methyl sites for hydroxylation is 1. The summed E-state index contributed by atoms with van der Waals surface area (Å²) in [5, 5.41) is 0. The maximum atomic E-state index is 11.7. The molecule has 0 atom stereocenters. The van der Waals surface area contributed by atoms with Crippen LogP contribution in [0.5, 0.6) is 0 Å². The second-order valence-corrected chi connectivity index (χ2v) is 4.17. The number of nitrogens with zero attached hydrogens (tertiary/aromatic N) is 2. The summed E-state index contributed by atoms with van der Waals surface area (Å²) in [6.45, 7) is 4.78. The lowest BCUT2D eigenvalue weighted by atomic mass is 10.2. The predicted molar refractivity (Wildman–Crippen MR) is 60.5 cm³/mol. The zero-order valence-electron chi connectivity index (χ0n) is 8.59. The molecule has 1 rings (SSSR count). The van der Waals surface area contributed by atoms with Crippen LogP contribution in [0.3, 0.4) is 0 Å². The van der Waals surface area contributed by atoms with Gasteiger partial charge in [-0.3, -0.25) is 9.36 Å². The Hall–Kier alpha value is -0.640. The summed E-state index contributed by atoms with van der Waals surface area (Å²) < 4.78 is 2.26. The minimum Gasteiger partial charge on any atom is -0.296 e. The zero-order valence-corrected chi connectivity index (χ0v) is 10.2. The number of halogens is 1. The summed E-state index contributed by atoms with van der Waals surface area (Å²) in [6, 6.07) is 0. The van der Waals surface area contributed by atoms with E-state index in [2.05, 4.69) is 27.8 Å². The molecule has 0 fully saturated rings. The van der Waals surface area contributed by atoms with Gasteiger partial charge in [0, 0.05) is 12.7 Å². The van der Waals surface area contributed by atoms with E-state index in [9.17, 15) is 4.79 Å². The molecule has 0 spiro atoms. The number of aromatic nitrogens is 2. The highest BCUT2D eigenvalue weighted by Gasteiger charge is 2.04. The second kappa shape index (κ2) is 5.29. The molecular formula is C10H15BrN2O. The Balaban J connectivity index is 2.84. The fourth-order valence-electron chi connectivity index (χ4n) is 1.33. The van der Waals surface area contributed by atoms with Crippen LogP contribution in [0.2, 0.25) is 0 Å². The third-order valence-corrected chi connectivity index (χ3v) is 2.73. The largest absolute Gasteiger partial charge is 0.296 e. The van der Waals surface area contributed by atoms with Crippen molar-refractivity contribution >= 4 is 15.9 Å². The van der Waals surface area contributed by atoms with Gasteiger partial charge in [0.15, 0.2) is 0 Å². The molecule has 1 aromatic heterocycles. The van der Waals surface area contributed by atoms with Gasteiger partial charge in [0.05, 0.1) is 0 Å². The van der Waals surface area contributed by atoms with Crippen LogP contribution in [0.4, 0.5) is 0 Å². The van der Waals surface area contributed by atoms with Crippen molar-refractivity contribution in [1.82, 2.24) is 9.55 Å². The van der Waals surface area contributed by atoms with E-state index in [1.54, 1.807) is 10.8 Å². The molecule has 0 aromatic carbocycles. The van der Waals surface area contributed by atoms with Crippen molar-refractivity contribution in [2.75, 3.05) is 0 Å². The quantitative estimate of drug-likeness (QED) is 0.779. The monoisotopic (exact) mass is 258 g/mol. The summed E-state index contributed by atoms with van der Waals surface area (Å²) in [4.78, 5) is 15.8. The molecule has 1 aromatic rings. The van der Waals surface area contributed by atoms with E-state index in [0.717, 1.165) is 31.6 Å². The Morgan fingerprint density at radius 1 is 1.50 bits per heavy atom. The lowest BCUT2D eigenvalue weighted by Gasteiger charge is -2.08. The SMILES string of the molecule is CCCCCn1c(C)ncc(Br)c1=O. The molecule has 1 heterocycles. The summed E-state index contributed by atoms with van der Waals surface area (Å²) in [5.74, 6) is 0.786. The first kappa shape index (κ1) is 11.4. The molecular weight excluding hydrogens is 244 g/mol. The van der Waals surface area contributed by atoms with Gasteiger partial charge in [-0.15, -0.1) is 0 Å². The average molecular weight is 259 g/mol. The minimum atomic E-state index is 0.0219. The van der Waals surface area contributed by atoms with Gasteiger partial charge in [-0.05, 0) is 29.3 Å². The Morgan fingerprint density at radius 3 is 2.86 bits per heavy atom. The van der Waals surface area contributed by atoms with Crippen molar-refractivity contribution in [2.24, 2.45) is 0 Å². The Labute approximate surface area is 92.3 Å². The molecule has 4 heteroatoms. The van der Waals surface area contributed by atoms with E-state index >= 15 is 0 Å². The number of hydrogen-bond acceptors (Lipinski definition) is 2. The Bertz CT molecular complexity index is 360. The van der Waals surface area contributed by atoms with Crippen LogP contribution in [-0.2, 0) is 6.54 Å². The van der Waals surface area contributed by atoms with Gasteiger partial charge in [0.25, 0.3) is 5.56 Å².